The standard InChI is InChI=1S/C11H17NO2/c1-8-6-10(12-9(2)7-13)4-5-11(8)14-3/h4-6,9,12-13H,7H2,1-3H3. The normalized spacial score (nSPS) is 12.3. The molecule has 0 fully saturated rings. The van der Waals surface area contributed by atoms with Crippen LogP contribution in [0.1, 0.15) is 12.5 Å². The fourth-order valence-electron chi connectivity index (χ4n) is 1.30. The summed E-state index contributed by atoms with van der Waals surface area (Å²) in [5.41, 5.74) is 2.09. The molecule has 1 unspecified atom stereocenters. The summed E-state index contributed by atoms with van der Waals surface area (Å²) in [6.07, 6.45) is 0. The Bertz CT molecular complexity index is 299. The average molecular weight is 195 g/mol. The van der Waals surface area contributed by atoms with E-state index in [2.05, 4.69) is 5.32 Å². The molecule has 0 aliphatic rings. The van der Waals surface area contributed by atoms with Crippen LogP contribution in [0.2, 0.25) is 0 Å². The molecule has 0 radical (unpaired) electrons. The molecule has 0 saturated heterocycles. The summed E-state index contributed by atoms with van der Waals surface area (Å²) < 4.78 is 5.15. The third kappa shape index (κ3) is 2.64. The molecule has 0 aromatic heterocycles. The molecule has 0 bridgehead atoms. The summed E-state index contributed by atoms with van der Waals surface area (Å²) in [4.78, 5) is 0. The highest BCUT2D eigenvalue weighted by molar-refractivity contribution is 5.51. The Kier molecular flexibility index (Phi) is 3.77. The monoisotopic (exact) mass is 195 g/mol. The van der Waals surface area contributed by atoms with Crippen molar-refractivity contribution in [2.24, 2.45) is 0 Å². The number of ether oxygens (including phenoxy) is 1. The summed E-state index contributed by atoms with van der Waals surface area (Å²) in [6, 6.07) is 5.94. The van der Waals surface area contributed by atoms with Gasteiger partial charge < -0.3 is 15.2 Å². The molecular formula is C11H17NO2. The number of benzene rings is 1. The lowest BCUT2D eigenvalue weighted by Gasteiger charge is -2.13. The van der Waals surface area contributed by atoms with Crippen LogP contribution in [-0.4, -0.2) is 24.9 Å². The van der Waals surface area contributed by atoms with E-state index in [0.29, 0.717) is 0 Å². The van der Waals surface area contributed by atoms with Crippen molar-refractivity contribution >= 4 is 5.69 Å². The van der Waals surface area contributed by atoms with Crippen LogP contribution in [-0.2, 0) is 0 Å². The van der Waals surface area contributed by atoms with Gasteiger partial charge in [0.1, 0.15) is 5.75 Å². The topological polar surface area (TPSA) is 41.5 Å². The maximum Gasteiger partial charge on any atom is 0.121 e. The van der Waals surface area contributed by atoms with Crippen LogP contribution in [0, 0.1) is 6.92 Å². The number of rotatable bonds is 4. The van der Waals surface area contributed by atoms with Gasteiger partial charge in [-0.3, -0.25) is 0 Å². The summed E-state index contributed by atoms with van der Waals surface area (Å²) in [5.74, 6) is 0.882. The van der Waals surface area contributed by atoms with Crippen LogP contribution < -0.4 is 10.1 Å². The first-order chi connectivity index (χ1) is 6.67. The predicted molar refractivity (Wildman–Crippen MR) is 57.9 cm³/mol. The second-order valence-electron chi connectivity index (χ2n) is 3.41. The van der Waals surface area contributed by atoms with Crippen LogP contribution in [0.4, 0.5) is 5.69 Å². The SMILES string of the molecule is COc1ccc(NC(C)CO)cc1C. The zero-order valence-corrected chi connectivity index (χ0v) is 8.87. The number of hydrogen-bond acceptors (Lipinski definition) is 3. The minimum Gasteiger partial charge on any atom is -0.496 e. The van der Waals surface area contributed by atoms with Gasteiger partial charge in [-0.1, -0.05) is 0 Å². The molecule has 0 saturated carbocycles. The van der Waals surface area contributed by atoms with E-state index in [4.69, 9.17) is 9.84 Å². The van der Waals surface area contributed by atoms with Crippen molar-refractivity contribution in [2.45, 2.75) is 19.9 Å². The van der Waals surface area contributed by atoms with Gasteiger partial charge in [-0.25, -0.2) is 0 Å². The smallest absolute Gasteiger partial charge is 0.121 e. The van der Waals surface area contributed by atoms with E-state index < -0.39 is 0 Å². The molecule has 1 atom stereocenters. The lowest BCUT2D eigenvalue weighted by Crippen LogP contribution is -2.19. The third-order valence-electron chi connectivity index (χ3n) is 2.08. The number of aliphatic hydroxyl groups excluding tert-OH is 1. The molecule has 78 valence electrons. The highest BCUT2D eigenvalue weighted by Crippen LogP contribution is 2.21. The first-order valence-corrected chi connectivity index (χ1v) is 4.69. The van der Waals surface area contributed by atoms with Gasteiger partial charge in [0.2, 0.25) is 0 Å². The molecule has 0 spiro atoms. The minimum absolute atomic E-state index is 0.0720. The van der Waals surface area contributed by atoms with E-state index in [-0.39, 0.29) is 12.6 Å². The molecule has 1 aromatic rings. The highest BCUT2D eigenvalue weighted by Gasteiger charge is 2.02. The maximum absolute atomic E-state index is 8.88. The largest absolute Gasteiger partial charge is 0.496 e. The second kappa shape index (κ2) is 4.86. The molecule has 14 heavy (non-hydrogen) atoms. The van der Waals surface area contributed by atoms with Crippen molar-refractivity contribution in [2.75, 3.05) is 19.0 Å². The van der Waals surface area contributed by atoms with Crippen LogP contribution in [0.25, 0.3) is 0 Å². The molecular weight excluding hydrogens is 178 g/mol. The Hall–Kier alpha value is -1.22. The van der Waals surface area contributed by atoms with Gasteiger partial charge in [0.05, 0.1) is 13.7 Å². The molecule has 1 rings (SSSR count). The summed E-state index contributed by atoms with van der Waals surface area (Å²) >= 11 is 0. The van der Waals surface area contributed by atoms with Gasteiger partial charge in [0.25, 0.3) is 0 Å². The molecule has 3 heteroatoms. The van der Waals surface area contributed by atoms with Gasteiger partial charge in [-0.2, -0.15) is 0 Å². The lowest BCUT2D eigenvalue weighted by atomic mass is 10.2. The number of nitrogens with one attached hydrogen (secondary N) is 1. The molecule has 0 aliphatic heterocycles. The van der Waals surface area contributed by atoms with Gasteiger partial charge in [0.15, 0.2) is 0 Å². The van der Waals surface area contributed by atoms with Crippen molar-refractivity contribution in [1.82, 2.24) is 0 Å². The van der Waals surface area contributed by atoms with Crippen molar-refractivity contribution in [3.63, 3.8) is 0 Å². The minimum atomic E-state index is 0.0720. The van der Waals surface area contributed by atoms with Crippen LogP contribution >= 0.6 is 0 Å². The summed E-state index contributed by atoms with van der Waals surface area (Å²) in [6.45, 7) is 4.05. The summed E-state index contributed by atoms with van der Waals surface area (Å²) in [5, 5.41) is 12.1. The zero-order chi connectivity index (χ0) is 10.6. The van der Waals surface area contributed by atoms with Crippen molar-refractivity contribution in [3.05, 3.63) is 23.8 Å². The van der Waals surface area contributed by atoms with Crippen LogP contribution in [0.5, 0.6) is 5.75 Å². The van der Waals surface area contributed by atoms with Gasteiger partial charge in [-0.05, 0) is 37.6 Å². The molecule has 0 heterocycles. The van der Waals surface area contributed by atoms with E-state index in [1.807, 2.05) is 32.0 Å². The number of hydrogen-bond donors (Lipinski definition) is 2. The van der Waals surface area contributed by atoms with Crippen molar-refractivity contribution in [1.29, 1.82) is 0 Å². The molecule has 2 N–H and O–H groups in total. The van der Waals surface area contributed by atoms with E-state index in [1.165, 1.54) is 0 Å². The number of aryl methyl sites for hydroxylation is 1. The zero-order valence-electron chi connectivity index (χ0n) is 8.87. The number of aliphatic hydroxyl groups is 1. The van der Waals surface area contributed by atoms with Crippen molar-refractivity contribution < 1.29 is 9.84 Å². The Balaban J connectivity index is 2.76. The number of anilines is 1. The average Bonchev–Trinajstić information content (AvgIpc) is 2.18. The fraction of sp³-hybridized carbons (Fsp3) is 0.455. The molecule has 1 aromatic carbocycles. The Morgan fingerprint density at radius 3 is 2.71 bits per heavy atom. The van der Waals surface area contributed by atoms with Crippen LogP contribution in [0.3, 0.4) is 0 Å². The molecule has 0 aliphatic carbocycles. The van der Waals surface area contributed by atoms with Gasteiger partial charge >= 0.3 is 0 Å². The Morgan fingerprint density at radius 2 is 2.21 bits per heavy atom. The van der Waals surface area contributed by atoms with E-state index in [9.17, 15) is 0 Å². The lowest BCUT2D eigenvalue weighted by molar-refractivity contribution is 0.281. The Labute approximate surface area is 84.7 Å². The van der Waals surface area contributed by atoms with E-state index in [1.54, 1.807) is 7.11 Å². The van der Waals surface area contributed by atoms with Crippen molar-refractivity contribution in [3.8, 4) is 5.75 Å². The predicted octanol–water partition coefficient (Wildman–Crippen LogP) is 1.80. The van der Waals surface area contributed by atoms with E-state index in [0.717, 1.165) is 17.0 Å². The van der Waals surface area contributed by atoms with E-state index >= 15 is 0 Å². The van der Waals surface area contributed by atoms with Gasteiger partial charge in [-0.15, -0.1) is 0 Å². The molecule has 0 amide bonds. The number of methoxy groups -OCH3 is 1. The fourth-order valence-corrected chi connectivity index (χ4v) is 1.30. The van der Waals surface area contributed by atoms with Crippen LogP contribution in [0.15, 0.2) is 18.2 Å². The maximum atomic E-state index is 8.88. The van der Waals surface area contributed by atoms with Gasteiger partial charge in [0, 0.05) is 11.7 Å². The summed E-state index contributed by atoms with van der Waals surface area (Å²) in [7, 11) is 1.66. The highest BCUT2D eigenvalue weighted by atomic mass is 16.5. The molecule has 3 nitrogen and oxygen atoms in total. The first kappa shape index (κ1) is 10.9. The quantitative estimate of drug-likeness (QED) is 0.769. The first-order valence-electron chi connectivity index (χ1n) is 4.69. The third-order valence-corrected chi connectivity index (χ3v) is 2.08. The Morgan fingerprint density at radius 1 is 1.50 bits per heavy atom. The second-order valence-corrected chi connectivity index (χ2v) is 3.41.